The summed E-state index contributed by atoms with van der Waals surface area (Å²) < 4.78 is 20.9. The number of hydrogen-bond donors (Lipinski definition) is 1. The summed E-state index contributed by atoms with van der Waals surface area (Å²) in [5.41, 5.74) is 14.7. The van der Waals surface area contributed by atoms with Gasteiger partial charge in [-0.3, -0.25) is 9.55 Å². The Morgan fingerprint density at radius 2 is 1.29 bits per heavy atom. The van der Waals surface area contributed by atoms with Crippen molar-refractivity contribution in [3.05, 3.63) is 204 Å². The minimum atomic E-state index is -1.48. The van der Waals surface area contributed by atoms with Crippen molar-refractivity contribution in [2.24, 2.45) is 5.92 Å². The van der Waals surface area contributed by atoms with E-state index < -0.39 is 6.37 Å². The van der Waals surface area contributed by atoms with E-state index in [2.05, 4.69) is 154 Å². The Labute approximate surface area is 407 Å². The van der Waals surface area contributed by atoms with Crippen LogP contribution in [0.1, 0.15) is 85.3 Å². The number of aromatic hydroxyl groups is 1. The van der Waals surface area contributed by atoms with Gasteiger partial charge in [-0.15, -0.1) is 29.3 Å². The number of para-hydroxylation sites is 2. The van der Waals surface area contributed by atoms with Gasteiger partial charge >= 0.3 is 0 Å². The first-order chi connectivity index (χ1) is 32.3. The van der Waals surface area contributed by atoms with Crippen LogP contribution in [0.4, 0.5) is 0 Å². The Bertz CT molecular complexity index is 3240. The molecule has 2 heterocycles. The van der Waals surface area contributed by atoms with E-state index in [1.54, 1.807) is 6.07 Å². The molecular weight excluding hydrogens is 986 g/mol. The Balaban J connectivity index is 0.00000578. The molecule has 4 nitrogen and oxygen atoms in total. The molecule has 0 spiro atoms. The third-order valence-corrected chi connectivity index (χ3v) is 13.4. The summed E-state index contributed by atoms with van der Waals surface area (Å²) in [5, 5.41) is 11.5. The Morgan fingerprint density at radius 3 is 2.02 bits per heavy atom. The third kappa shape index (κ3) is 8.84. The second-order valence-corrected chi connectivity index (χ2v) is 19.1. The van der Waals surface area contributed by atoms with Gasteiger partial charge in [0.05, 0.1) is 22.3 Å². The molecule has 10 rings (SSSR count). The molecule has 66 heavy (non-hydrogen) atoms. The maximum absolute atomic E-state index is 11.5. The van der Waals surface area contributed by atoms with E-state index in [4.69, 9.17) is 9.97 Å². The molecule has 0 aliphatic heterocycles. The first-order valence-corrected chi connectivity index (χ1v) is 23.0. The van der Waals surface area contributed by atoms with Crippen LogP contribution in [-0.2, 0) is 38.3 Å². The summed E-state index contributed by atoms with van der Waals surface area (Å²) >= 11 is 0. The van der Waals surface area contributed by atoms with Crippen LogP contribution in [-0.4, -0.2) is 19.6 Å². The summed E-state index contributed by atoms with van der Waals surface area (Å²) in [4.78, 5) is 10.4. The van der Waals surface area contributed by atoms with Crippen molar-refractivity contribution in [2.45, 2.75) is 77.5 Å². The number of rotatable bonds is 10. The Kier molecular flexibility index (Phi) is 11.9. The largest absolute Gasteiger partial charge is 0.507 e. The summed E-state index contributed by atoms with van der Waals surface area (Å²) in [5.74, 6) is 0.687. The SMILES string of the molecule is [2H]C([2H])(c1ccc(-n2c(-c3ccccc3O)nc3c(-c4[c-]c(-c5cc(-c6ccc(C(C)(C)c7ccccc7)cc6)ccn5)cc(C(C)(C)C)c4)cccc32)c(-c2ccccc2)c1)C1CCCC1.[Pt]. The van der Waals surface area contributed by atoms with Crippen LogP contribution in [0.2, 0.25) is 0 Å². The fraction of sp³-hybridized carbons (Fsp3) is 0.213. The molecule has 1 aliphatic rings. The predicted molar refractivity (Wildman–Crippen MR) is 269 cm³/mol. The number of benzene rings is 7. The molecule has 0 amide bonds. The van der Waals surface area contributed by atoms with E-state index in [1.165, 1.54) is 11.1 Å². The molecule has 1 N–H and O–H groups in total. The number of phenolic OH excluding ortho intramolecular Hbond substituents is 1. The van der Waals surface area contributed by atoms with Gasteiger partial charge in [0.1, 0.15) is 11.6 Å². The molecule has 332 valence electrons. The fourth-order valence-corrected chi connectivity index (χ4v) is 9.52. The number of phenols is 1. The maximum Gasteiger partial charge on any atom is 0.148 e. The number of nitrogens with zero attached hydrogens (tertiary/aromatic N) is 3. The van der Waals surface area contributed by atoms with Crippen molar-refractivity contribution in [1.82, 2.24) is 14.5 Å². The zero-order valence-corrected chi connectivity index (χ0v) is 40.5. The molecule has 0 saturated heterocycles. The third-order valence-electron chi connectivity index (χ3n) is 13.4. The number of hydrogen-bond acceptors (Lipinski definition) is 3. The monoisotopic (exact) mass is 1040 g/mol. The van der Waals surface area contributed by atoms with E-state index in [9.17, 15) is 7.85 Å². The summed E-state index contributed by atoms with van der Waals surface area (Å²) in [6.07, 6.45) is 4.31. The van der Waals surface area contributed by atoms with Gasteiger partial charge in [0.15, 0.2) is 0 Å². The molecule has 0 unspecified atom stereocenters. The first-order valence-electron chi connectivity index (χ1n) is 24.0. The van der Waals surface area contributed by atoms with Crippen LogP contribution >= 0.6 is 0 Å². The second-order valence-electron chi connectivity index (χ2n) is 19.1. The van der Waals surface area contributed by atoms with Crippen LogP contribution in [0.5, 0.6) is 5.75 Å². The molecular formula is C61H56N3OPt-. The van der Waals surface area contributed by atoms with Gasteiger partial charge in [0.25, 0.3) is 0 Å². The zero-order valence-electron chi connectivity index (χ0n) is 40.3. The number of fused-ring (bicyclic) bond motifs is 1. The van der Waals surface area contributed by atoms with Crippen LogP contribution in [0.15, 0.2) is 176 Å². The average molecular weight is 1040 g/mol. The maximum atomic E-state index is 11.5. The average Bonchev–Trinajstić information content (AvgIpc) is 4.04. The van der Waals surface area contributed by atoms with Gasteiger partial charge < -0.3 is 5.11 Å². The zero-order chi connectivity index (χ0) is 46.5. The van der Waals surface area contributed by atoms with E-state index >= 15 is 0 Å². The quantitative estimate of drug-likeness (QED) is 0.139. The Morgan fingerprint density at radius 1 is 0.621 bits per heavy atom. The van der Waals surface area contributed by atoms with Gasteiger partial charge in [-0.1, -0.05) is 193 Å². The molecule has 0 bridgehead atoms. The van der Waals surface area contributed by atoms with Crippen LogP contribution in [0.25, 0.3) is 72.7 Å². The van der Waals surface area contributed by atoms with Crippen LogP contribution in [0.3, 0.4) is 0 Å². The predicted octanol–water partition coefficient (Wildman–Crippen LogP) is 15.6. The molecule has 2 aromatic heterocycles. The smallest absolute Gasteiger partial charge is 0.148 e. The minimum Gasteiger partial charge on any atom is -0.507 e. The van der Waals surface area contributed by atoms with Crippen molar-refractivity contribution in [3.8, 4) is 67.5 Å². The summed E-state index contributed by atoms with van der Waals surface area (Å²) in [6, 6.07) is 61.9. The van der Waals surface area contributed by atoms with Gasteiger partial charge in [0, 0.05) is 46.7 Å². The standard InChI is InChI=1S/C61H56N3O.Pt/c1-60(2,3)50-38-46(37-47(39-50)54-40-45(33-34-62-54)43-28-30-49(31-29-43)61(4,5)48-21-10-7-11-22-48)51-24-16-25-56-58(51)63-59(52-23-14-15-26-57(52)65)64(56)55-32-27-42(35-41-17-12-13-18-41)36-53(55)44-19-8-6-9-20-44;/h6-11,14-16,19-34,36,38-41,65H,12-13,17-18,35H2,1-5H3;/q-1;/i35D2;. The number of imidazole rings is 1. The van der Waals surface area contributed by atoms with E-state index in [0.717, 1.165) is 92.6 Å². The van der Waals surface area contributed by atoms with Crippen molar-refractivity contribution >= 4 is 11.0 Å². The van der Waals surface area contributed by atoms with Gasteiger partial charge in [-0.05, 0) is 87.5 Å². The normalized spacial score (nSPS) is 13.9. The van der Waals surface area contributed by atoms with Crippen molar-refractivity contribution in [2.75, 3.05) is 0 Å². The summed E-state index contributed by atoms with van der Waals surface area (Å²) in [6.45, 7) is 11.2. The van der Waals surface area contributed by atoms with E-state index in [-0.39, 0.29) is 43.6 Å². The van der Waals surface area contributed by atoms with Gasteiger partial charge in [0.2, 0.25) is 0 Å². The molecule has 7 aromatic carbocycles. The van der Waals surface area contributed by atoms with Crippen molar-refractivity contribution in [1.29, 1.82) is 0 Å². The molecule has 1 aliphatic carbocycles. The van der Waals surface area contributed by atoms with Gasteiger partial charge in [-0.25, -0.2) is 4.98 Å². The molecule has 0 radical (unpaired) electrons. The molecule has 9 aromatic rings. The van der Waals surface area contributed by atoms with Crippen LogP contribution < -0.4 is 0 Å². The molecule has 1 saturated carbocycles. The molecule has 5 heteroatoms. The van der Waals surface area contributed by atoms with Crippen molar-refractivity contribution < 1.29 is 28.9 Å². The van der Waals surface area contributed by atoms with E-state index in [1.807, 2.05) is 60.8 Å². The number of pyridine rings is 1. The molecule has 0 atom stereocenters. The second kappa shape index (κ2) is 18.5. The van der Waals surface area contributed by atoms with E-state index in [0.29, 0.717) is 17.0 Å². The number of aromatic nitrogens is 3. The molecule has 1 fully saturated rings. The van der Waals surface area contributed by atoms with Crippen molar-refractivity contribution in [3.63, 3.8) is 0 Å². The topological polar surface area (TPSA) is 50.9 Å². The fourth-order valence-electron chi connectivity index (χ4n) is 9.52. The summed E-state index contributed by atoms with van der Waals surface area (Å²) in [7, 11) is 0. The Hall–Kier alpha value is -6.35. The van der Waals surface area contributed by atoms with Gasteiger partial charge in [-0.2, -0.15) is 0 Å². The van der Waals surface area contributed by atoms with Crippen LogP contribution in [0, 0.1) is 12.0 Å². The first kappa shape index (κ1) is 42.3. The minimum absolute atomic E-state index is 0.